The van der Waals surface area contributed by atoms with Crippen LogP contribution in [-0.2, 0) is 19.1 Å². The van der Waals surface area contributed by atoms with Crippen LogP contribution in [0.4, 0.5) is 10.5 Å². The molecule has 10 nitrogen and oxygen atoms in total. The molecule has 1 fully saturated rings. The number of likely N-dealkylation sites (N-methyl/N-ethyl adjacent to an activating group) is 1. The Morgan fingerprint density at radius 1 is 1.19 bits per heavy atom. The van der Waals surface area contributed by atoms with Gasteiger partial charge in [0.2, 0.25) is 11.8 Å². The Labute approximate surface area is 181 Å². The molecule has 2 aliphatic heterocycles. The van der Waals surface area contributed by atoms with Gasteiger partial charge in [-0.25, -0.2) is 4.79 Å². The van der Waals surface area contributed by atoms with Crippen molar-refractivity contribution in [2.75, 3.05) is 52.3 Å². The average molecular weight is 431 g/mol. The molecule has 31 heavy (non-hydrogen) atoms. The maximum Gasteiger partial charge on any atom is 0.318 e. The maximum absolute atomic E-state index is 13.8. The predicted octanol–water partition coefficient (Wildman–Crippen LogP) is -0.345. The summed E-state index contributed by atoms with van der Waals surface area (Å²) >= 11 is 0. The Hall–Kier alpha value is -3.14. The first-order valence-electron chi connectivity index (χ1n) is 10.2. The highest BCUT2D eigenvalue weighted by Gasteiger charge is 2.63. The molecule has 3 rings (SSSR count). The van der Waals surface area contributed by atoms with Crippen LogP contribution < -0.4 is 20.9 Å². The SMILES string of the molecule is CNC(=O)CNC(=O)N1C[C@H](C(=O)NC)[C@H]2c3ccccc3N(CCOC)C(=O)[C@]21C. The zero-order chi connectivity index (χ0) is 22.8. The Morgan fingerprint density at radius 2 is 1.90 bits per heavy atom. The summed E-state index contributed by atoms with van der Waals surface area (Å²) in [6, 6.07) is 6.87. The van der Waals surface area contributed by atoms with Gasteiger partial charge in [-0.1, -0.05) is 18.2 Å². The van der Waals surface area contributed by atoms with E-state index in [9.17, 15) is 19.2 Å². The van der Waals surface area contributed by atoms with Crippen molar-refractivity contribution in [1.29, 1.82) is 0 Å². The Morgan fingerprint density at radius 3 is 2.55 bits per heavy atom. The fraction of sp³-hybridized carbons (Fsp3) is 0.524. The highest BCUT2D eigenvalue weighted by atomic mass is 16.5. The molecule has 0 spiro atoms. The number of nitrogens with zero attached hydrogens (tertiary/aromatic N) is 2. The molecule has 10 heteroatoms. The van der Waals surface area contributed by atoms with Crippen LogP contribution in [0.5, 0.6) is 0 Å². The lowest BCUT2D eigenvalue weighted by Gasteiger charge is -2.46. The number of methoxy groups -OCH3 is 1. The van der Waals surface area contributed by atoms with Crippen molar-refractivity contribution in [1.82, 2.24) is 20.9 Å². The number of benzene rings is 1. The number of urea groups is 1. The van der Waals surface area contributed by atoms with E-state index in [-0.39, 0.29) is 30.8 Å². The molecule has 3 N–H and O–H groups in total. The molecule has 1 saturated heterocycles. The van der Waals surface area contributed by atoms with Gasteiger partial charge in [0, 0.05) is 45.9 Å². The molecule has 1 aromatic carbocycles. The smallest absolute Gasteiger partial charge is 0.318 e. The fourth-order valence-electron chi connectivity index (χ4n) is 4.66. The number of fused-ring (bicyclic) bond motifs is 3. The Kier molecular flexibility index (Phi) is 6.49. The number of rotatable bonds is 6. The van der Waals surface area contributed by atoms with Gasteiger partial charge in [0.05, 0.1) is 19.1 Å². The van der Waals surface area contributed by atoms with E-state index in [4.69, 9.17) is 4.74 Å². The van der Waals surface area contributed by atoms with Crippen molar-refractivity contribution in [3.63, 3.8) is 0 Å². The highest BCUT2D eigenvalue weighted by molar-refractivity contribution is 6.07. The van der Waals surface area contributed by atoms with Crippen molar-refractivity contribution in [3.8, 4) is 0 Å². The number of anilines is 1. The molecule has 0 aromatic heterocycles. The van der Waals surface area contributed by atoms with Gasteiger partial charge in [-0.2, -0.15) is 0 Å². The number of amides is 5. The van der Waals surface area contributed by atoms with Crippen LogP contribution in [0.3, 0.4) is 0 Å². The van der Waals surface area contributed by atoms with Crippen molar-refractivity contribution in [2.24, 2.45) is 5.92 Å². The standard InChI is InChI=1S/C21H29N5O5/c1-21-17(13-7-5-6-8-15(13)25(19(21)29)9-10-31-4)14(18(28)23-3)12-26(21)20(30)24-11-16(27)22-2/h5-8,14,17H,9-12H2,1-4H3,(H,22,27)(H,23,28)(H,24,30)/t14-,17+,21-/m0/s1. The van der Waals surface area contributed by atoms with Crippen LogP contribution in [-0.4, -0.2) is 81.6 Å². The number of ether oxygens (including phenoxy) is 1. The first-order chi connectivity index (χ1) is 14.8. The normalized spacial score (nSPS) is 24.3. The summed E-state index contributed by atoms with van der Waals surface area (Å²) in [5.41, 5.74) is 0.246. The van der Waals surface area contributed by atoms with Crippen LogP contribution in [0, 0.1) is 5.92 Å². The fourth-order valence-corrected chi connectivity index (χ4v) is 4.66. The van der Waals surface area contributed by atoms with Crippen molar-refractivity contribution in [3.05, 3.63) is 29.8 Å². The van der Waals surface area contributed by atoms with Gasteiger partial charge in [-0.15, -0.1) is 0 Å². The minimum absolute atomic E-state index is 0.0542. The number of nitrogens with one attached hydrogen (secondary N) is 3. The number of para-hydroxylation sites is 1. The summed E-state index contributed by atoms with van der Waals surface area (Å²) in [6.07, 6.45) is 0. The van der Waals surface area contributed by atoms with Crippen molar-refractivity contribution < 1.29 is 23.9 Å². The van der Waals surface area contributed by atoms with Crippen LogP contribution in [0.1, 0.15) is 18.4 Å². The zero-order valence-electron chi connectivity index (χ0n) is 18.2. The topological polar surface area (TPSA) is 120 Å². The number of hydrogen-bond acceptors (Lipinski definition) is 5. The quantitative estimate of drug-likeness (QED) is 0.569. The van der Waals surface area contributed by atoms with Gasteiger partial charge >= 0.3 is 6.03 Å². The number of carbonyl (C=O) groups is 4. The van der Waals surface area contributed by atoms with E-state index in [1.165, 1.54) is 19.0 Å². The largest absolute Gasteiger partial charge is 0.383 e. The molecule has 5 amide bonds. The van der Waals surface area contributed by atoms with Crippen LogP contribution in [0.2, 0.25) is 0 Å². The Bertz CT molecular complexity index is 891. The summed E-state index contributed by atoms with van der Waals surface area (Å²) in [4.78, 5) is 54.3. The molecule has 0 bridgehead atoms. The second-order valence-electron chi connectivity index (χ2n) is 7.80. The molecule has 3 atom stereocenters. The first kappa shape index (κ1) is 22.5. The third kappa shape index (κ3) is 3.71. The van der Waals surface area contributed by atoms with Crippen LogP contribution >= 0.6 is 0 Å². The molecule has 168 valence electrons. The minimum atomic E-state index is -1.30. The summed E-state index contributed by atoms with van der Waals surface area (Å²) in [6.45, 7) is 2.15. The molecule has 0 unspecified atom stereocenters. The van der Waals surface area contributed by atoms with Gasteiger partial charge in [0.15, 0.2) is 0 Å². The summed E-state index contributed by atoms with van der Waals surface area (Å²) in [7, 11) is 4.56. The number of carbonyl (C=O) groups excluding carboxylic acids is 4. The van der Waals surface area contributed by atoms with E-state index in [0.29, 0.717) is 18.8 Å². The van der Waals surface area contributed by atoms with E-state index in [1.807, 2.05) is 24.3 Å². The first-order valence-corrected chi connectivity index (χ1v) is 10.2. The summed E-state index contributed by atoms with van der Waals surface area (Å²) < 4.78 is 5.19. The average Bonchev–Trinajstić information content (AvgIpc) is 3.11. The van der Waals surface area contributed by atoms with Crippen molar-refractivity contribution in [2.45, 2.75) is 18.4 Å². The van der Waals surface area contributed by atoms with E-state index in [1.54, 1.807) is 18.9 Å². The monoisotopic (exact) mass is 431 g/mol. The predicted molar refractivity (Wildman–Crippen MR) is 114 cm³/mol. The lowest BCUT2D eigenvalue weighted by atomic mass is 9.72. The molecular weight excluding hydrogens is 402 g/mol. The molecular formula is C21H29N5O5. The molecule has 0 saturated carbocycles. The van der Waals surface area contributed by atoms with Gasteiger partial charge in [0.25, 0.3) is 5.91 Å². The van der Waals surface area contributed by atoms with Gasteiger partial charge in [0.1, 0.15) is 5.54 Å². The second-order valence-corrected chi connectivity index (χ2v) is 7.80. The van der Waals surface area contributed by atoms with E-state index in [2.05, 4.69) is 16.0 Å². The second kappa shape index (κ2) is 8.93. The van der Waals surface area contributed by atoms with Gasteiger partial charge < -0.3 is 30.5 Å². The van der Waals surface area contributed by atoms with E-state index in [0.717, 1.165) is 5.56 Å². The maximum atomic E-state index is 13.8. The van der Waals surface area contributed by atoms with Crippen LogP contribution in [0.25, 0.3) is 0 Å². The third-order valence-corrected chi connectivity index (χ3v) is 6.22. The van der Waals surface area contributed by atoms with Gasteiger partial charge in [-0.05, 0) is 18.6 Å². The molecule has 2 heterocycles. The molecule has 0 radical (unpaired) electrons. The summed E-state index contributed by atoms with van der Waals surface area (Å²) in [5, 5.41) is 7.66. The van der Waals surface area contributed by atoms with Gasteiger partial charge in [-0.3, -0.25) is 14.4 Å². The lowest BCUT2D eigenvalue weighted by molar-refractivity contribution is -0.129. The Balaban J connectivity index is 2.08. The zero-order valence-corrected chi connectivity index (χ0v) is 18.2. The summed E-state index contributed by atoms with van der Waals surface area (Å²) in [5.74, 6) is -2.03. The third-order valence-electron chi connectivity index (χ3n) is 6.22. The molecule has 0 aliphatic carbocycles. The number of hydrogen-bond donors (Lipinski definition) is 3. The lowest BCUT2D eigenvalue weighted by Crippen LogP contribution is -2.63. The van der Waals surface area contributed by atoms with Crippen LogP contribution in [0.15, 0.2) is 24.3 Å². The van der Waals surface area contributed by atoms with E-state index >= 15 is 0 Å². The van der Waals surface area contributed by atoms with Crippen molar-refractivity contribution >= 4 is 29.4 Å². The molecule has 2 aliphatic rings. The molecule has 1 aromatic rings. The number of likely N-dealkylation sites (tertiary alicyclic amines) is 1. The minimum Gasteiger partial charge on any atom is -0.383 e. The van der Waals surface area contributed by atoms with E-state index < -0.39 is 23.4 Å². The highest BCUT2D eigenvalue weighted by Crippen LogP contribution is 2.52.